The second kappa shape index (κ2) is 7.65. The van der Waals surface area contributed by atoms with Crippen molar-refractivity contribution >= 4 is 12.1 Å². The molecule has 0 radical (unpaired) electrons. The average molecular weight is 312 g/mol. The molecule has 6 nitrogen and oxygen atoms in total. The van der Waals surface area contributed by atoms with Crippen LogP contribution in [-0.4, -0.2) is 28.9 Å². The zero-order chi connectivity index (χ0) is 16.7. The van der Waals surface area contributed by atoms with Gasteiger partial charge in [0.1, 0.15) is 23.9 Å². The van der Waals surface area contributed by atoms with E-state index in [9.17, 15) is 15.0 Å². The average Bonchev–Trinajstić information content (AvgIpc) is 2.53. The second-order valence-electron chi connectivity index (χ2n) is 4.54. The molecule has 0 bridgehead atoms. The number of hydrogen-bond donors (Lipinski definition) is 3. The zero-order valence-corrected chi connectivity index (χ0v) is 12.3. The van der Waals surface area contributed by atoms with Gasteiger partial charge in [0.15, 0.2) is 0 Å². The second-order valence-corrected chi connectivity index (χ2v) is 4.54. The van der Waals surface area contributed by atoms with E-state index >= 15 is 0 Å². The quantitative estimate of drug-likeness (QED) is 0.434. The maximum absolute atomic E-state index is 11.9. The van der Waals surface area contributed by atoms with E-state index in [0.717, 1.165) is 6.07 Å². The molecule has 0 atom stereocenters. The summed E-state index contributed by atoms with van der Waals surface area (Å²) in [6.45, 7) is 3.94. The van der Waals surface area contributed by atoms with Crippen LogP contribution in [0.1, 0.15) is 15.9 Å². The Labute approximate surface area is 133 Å². The predicted molar refractivity (Wildman–Crippen MR) is 87.0 cm³/mol. The van der Waals surface area contributed by atoms with Crippen LogP contribution in [0.25, 0.3) is 0 Å². The summed E-state index contributed by atoms with van der Waals surface area (Å²) in [4.78, 5) is 11.9. The van der Waals surface area contributed by atoms with Crippen LogP contribution in [0, 0.1) is 0 Å². The molecule has 118 valence electrons. The van der Waals surface area contributed by atoms with Crippen LogP contribution in [0.4, 0.5) is 0 Å². The Morgan fingerprint density at radius 2 is 2.04 bits per heavy atom. The van der Waals surface area contributed by atoms with Gasteiger partial charge in [-0.05, 0) is 24.3 Å². The number of para-hydroxylation sites is 1. The van der Waals surface area contributed by atoms with E-state index in [1.54, 1.807) is 18.2 Å². The Morgan fingerprint density at radius 3 is 2.78 bits per heavy atom. The van der Waals surface area contributed by atoms with Crippen LogP contribution < -0.4 is 10.2 Å². The van der Waals surface area contributed by atoms with Crippen molar-refractivity contribution in [1.29, 1.82) is 0 Å². The molecule has 0 saturated carbocycles. The molecule has 0 aromatic heterocycles. The first-order valence-electron chi connectivity index (χ1n) is 6.80. The molecule has 1 amide bonds. The Kier molecular flexibility index (Phi) is 5.35. The molecule has 0 unspecified atom stereocenters. The number of nitrogens with one attached hydrogen (secondary N) is 1. The minimum atomic E-state index is -0.594. The monoisotopic (exact) mass is 312 g/mol. The number of hydrazone groups is 1. The number of phenols is 2. The van der Waals surface area contributed by atoms with Crippen molar-refractivity contribution < 1.29 is 19.7 Å². The molecule has 0 aliphatic carbocycles. The molecule has 0 saturated heterocycles. The highest BCUT2D eigenvalue weighted by Gasteiger charge is 2.10. The van der Waals surface area contributed by atoms with Gasteiger partial charge >= 0.3 is 0 Å². The molecular formula is C17H16N2O4. The maximum Gasteiger partial charge on any atom is 0.275 e. The van der Waals surface area contributed by atoms with Crippen molar-refractivity contribution in [2.45, 2.75) is 0 Å². The number of nitrogens with zero attached hydrogens (tertiary/aromatic N) is 1. The van der Waals surface area contributed by atoms with Gasteiger partial charge in [0.2, 0.25) is 0 Å². The van der Waals surface area contributed by atoms with Gasteiger partial charge in [0, 0.05) is 11.6 Å². The molecule has 0 aliphatic heterocycles. The molecular weight excluding hydrogens is 296 g/mol. The lowest BCUT2D eigenvalue weighted by Gasteiger charge is -2.06. The standard InChI is InChI=1S/C17H16N2O4/c1-2-9-23-16-6-4-3-5-12(16)11-18-19-17(22)14-8-7-13(20)10-15(14)21/h2-8,10-11,20-21H,1,9H2,(H,19,22). The molecule has 2 rings (SSSR count). The molecule has 0 spiro atoms. The van der Waals surface area contributed by atoms with Gasteiger partial charge in [-0.2, -0.15) is 5.10 Å². The number of carbonyl (C=O) groups is 1. The third-order valence-electron chi connectivity index (χ3n) is 2.87. The van der Waals surface area contributed by atoms with E-state index in [4.69, 9.17) is 4.74 Å². The number of ether oxygens (including phenoxy) is 1. The summed E-state index contributed by atoms with van der Waals surface area (Å²) in [5.41, 5.74) is 3.00. The van der Waals surface area contributed by atoms with Gasteiger partial charge in [0.25, 0.3) is 5.91 Å². The van der Waals surface area contributed by atoms with Crippen LogP contribution in [-0.2, 0) is 0 Å². The van der Waals surface area contributed by atoms with Gasteiger partial charge in [-0.25, -0.2) is 5.43 Å². The highest BCUT2D eigenvalue weighted by atomic mass is 16.5. The van der Waals surface area contributed by atoms with E-state index in [2.05, 4.69) is 17.1 Å². The lowest BCUT2D eigenvalue weighted by Crippen LogP contribution is -2.17. The van der Waals surface area contributed by atoms with Gasteiger partial charge in [-0.1, -0.05) is 24.8 Å². The molecule has 6 heteroatoms. The zero-order valence-electron chi connectivity index (χ0n) is 12.3. The first-order chi connectivity index (χ1) is 11.1. The van der Waals surface area contributed by atoms with Crippen molar-refractivity contribution in [1.82, 2.24) is 5.43 Å². The normalized spacial score (nSPS) is 10.4. The Morgan fingerprint density at radius 1 is 1.26 bits per heavy atom. The number of benzene rings is 2. The SMILES string of the molecule is C=CCOc1ccccc1C=NNC(=O)c1ccc(O)cc1O. The largest absolute Gasteiger partial charge is 0.508 e. The molecule has 0 aliphatic rings. The van der Waals surface area contributed by atoms with E-state index in [-0.39, 0.29) is 17.1 Å². The minimum absolute atomic E-state index is 0.0103. The topological polar surface area (TPSA) is 91.2 Å². The minimum Gasteiger partial charge on any atom is -0.508 e. The fraction of sp³-hybridized carbons (Fsp3) is 0.0588. The highest BCUT2D eigenvalue weighted by Crippen LogP contribution is 2.22. The predicted octanol–water partition coefficient (Wildman–Crippen LogP) is 2.43. The molecule has 23 heavy (non-hydrogen) atoms. The van der Waals surface area contributed by atoms with Crippen molar-refractivity contribution in [3.05, 3.63) is 66.2 Å². The summed E-state index contributed by atoms with van der Waals surface area (Å²) in [5.74, 6) is -0.440. The third kappa shape index (κ3) is 4.34. The summed E-state index contributed by atoms with van der Waals surface area (Å²) >= 11 is 0. The van der Waals surface area contributed by atoms with Gasteiger partial charge in [-0.3, -0.25) is 4.79 Å². The maximum atomic E-state index is 11.9. The molecule has 0 fully saturated rings. The number of hydrogen-bond acceptors (Lipinski definition) is 5. The van der Waals surface area contributed by atoms with Crippen LogP contribution in [0.2, 0.25) is 0 Å². The van der Waals surface area contributed by atoms with Crippen molar-refractivity contribution in [2.24, 2.45) is 5.10 Å². The summed E-state index contributed by atoms with van der Waals surface area (Å²) in [6.07, 6.45) is 3.07. The molecule has 3 N–H and O–H groups in total. The van der Waals surface area contributed by atoms with Crippen LogP contribution in [0.3, 0.4) is 0 Å². The summed E-state index contributed by atoms with van der Waals surface area (Å²) in [7, 11) is 0. The van der Waals surface area contributed by atoms with Crippen molar-refractivity contribution in [3.63, 3.8) is 0 Å². The summed E-state index contributed by atoms with van der Waals surface area (Å²) in [5, 5.41) is 22.7. The Balaban J connectivity index is 2.06. The van der Waals surface area contributed by atoms with Crippen molar-refractivity contribution in [2.75, 3.05) is 6.61 Å². The van der Waals surface area contributed by atoms with Crippen molar-refractivity contribution in [3.8, 4) is 17.2 Å². The summed E-state index contributed by atoms with van der Waals surface area (Å²) in [6, 6.07) is 10.9. The first-order valence-corrected chi connectivity index (χ1v) is 6.80. The van der Waals surface area contributed by atoms with E-state index < -0.39 is 5.91 Å². The lowest BCUT2D eigenvalue weighted by atomic mass is 10.2. The number of carbonyl (C=O) groups excluding carboxylic acids is 1. The van der Waals surface area contributed by atoms with Crippen LogP contribution >= 0.6 is 0 Å². The first kappa shape index (κ1) is 16.1. The number of amides is 1. The lowest BCUT2D eigenvalue weighted by molar-refractivity contribution is 0.0952. The number of aromatic hydroxyl groups is 2. The number of rotatable bonds is 6. The van der Waals surface area contributed by atoms with Crippen LogP contribution in [0.15, 0.2) is 60.2 Å². The van der Waals surface area contributed by atoms with Gasteiger partial charge in [0.05, 0.1) is 11.8 Å². The number of phenolic OH excluding ortho intramolecular Hbond substituents is 2. The smallest absolute Gasteiger partial charge is 0.275 e. The highest BCUT2D eigenvalue weighted by molar-refractivity contribution is 5.97. The molecule has 0 heterocycles. The van der Waals surface area contributed by atoms with Gasteiger partial charge < -0.3 is 14.9 Å². The molecule has 2 aromatic carbocycles. The fourth-order valence-corrected chi connectivity index (χ4v) is 1.80. The molecule has 2 aromatic rings. The Hall–Kier alpha value is -3.28. The fourth-order valence-electron chi connectivity index (χ4n) is 1.80. The Bertz CT molecular complexity index is 741. The van der Waals surface area contributed by atoms with Crippen LogP contribution in [0.5, 0.6) is 17.2 Å². The van der Waals surface area contributed by atoms with Gasteiger partial charge in [-0.15, -0.1) is 0 Å². The van der Waals surface area contributed by atoms with E-state index in [1.807, 2.05) is 12.1 Å². The van der Waals surface area contributed by atoms with E-state index in [0.29, 0.717) is 17.9 Å². The van der Waals surface area contributed by atoms with E-state index in [1.165, 1.54) is 18.3 Å². The summed E-state index contributed by atoms with van der Waals surface area (Å²) < 4.78 is 5.47. The third-order valence-corrected chi connectivity index (χ3v) is 2.87.